The Morgan fingerprint density at radius 3 is 2.65 bits per heavy atom. The van der Waals surface area contributed by atoms with Crippen molar-refractivity contribution in [2.75, 3.05) is 13.2 Å². The van der Waals surface area contributed by atoms with E-state index >= 15 is 0 Å². The molecule has 1 saturated heterocycles. The zero-order chi connectivity index (χ0) is 12.0. The van der Waals surface area contributed by atoms with Crippen molar-refractivity contribution in [3.8, 4) is 0 Å². The van der Waals surface area contributed by atoms with Crippen molar-refractivity contribution < 1.29 is 5.11 Å². The minimum atomic E-state index is 0.303. The molecular weight excluding hydrogens is 210 g/mol. The number of hydrogen-bond acceptors (Lipinski definition) is 2. The molecule has 0 bridgehead atoms. The second kappa shape index (κ2) is 3.82. The first-order valence-corrected chi connectivity index (χ1v) is 6.53. The third-order valence-corrected chi connectivity index (χ3v) is 4.87. The Labute approximate surface area is 103 Å². The number of fused-ring (bicyclic) bond motifs is 1. The highest BCUT2D eigenvalue weighted by Crippen LogP contribution is 2.64. The van der Waals surface area contributed by atoms with Crippen molar-refractivity contribution in [3.05, 3.63) is 35.9 Å². The molecule has 2 nitrogen and oxygen atoms in total. The highest BCUT2D eigenvalue weighted by Gasteiger charge is 2.66. The molecule has 2 aliphatic rings. The van der Waals surface area contributed by atoms with Crippen LogP contribution in [0.25, 0.3) is 0 Å². The summed E-state index contributed by atoms with van der Waals surface area (Å²) >= 11 is 0. The number of aliphatic hydroxyl groups is 1. The highest BCUT2D eigenvalue weighted by atomic mass is 16.3. The van der Waals surface area contributed by atoms with E-state index in [0.717, 1.165) is 19.0 Å². The molecule has 1 aromatic rings. The summed E-state index contributed by atoms with van der Waals surface area (Å²) in [4.78, 5) is 2.45. The predicted octanol–water partition coefficient (Wildman–Crippen LogP) is 2.14. The third kappa shape index (κ3) is 1.71. The monoisotopic (exact) mass is 231 g/mol. The summed E-state index contributed by atoms with van der Waals surface area (Å²) in [5.41, 5.74) is 1.81. The number of hydrogen-bond donors (Lipinski definition) is 1. The highest BCUT2D eigenvalue weighted by molar-refractivity contribution is 5.19. The van der Waals surface area contributed by atoms with E-state index in [0.29, 0.717) is 24.0 Å². The van der Waals surface area contributed by atoms with Crippen molar-refractivity contribution in [2.24, 2.45) is 17.3 Å². The van der Waals surface area contributed by atoms with Crippen molar-refractivity contribution in [1.29, 1.82) is 0 Å². The molecule has 1 aliphatic carbocycles. The Bertz CT molecular complexity index is 401. The third-order valence-electron chi connectivity index (χ3n) is 4.87. The maximum atomic E-state index is 9.60. The number of likely N-dealkylation sites (tertiary alicyclic amines) is 1. The molecule has 1 aromatic carbocycles. The normalized spacial score (nSPS) is 34.6. The lowest BCUT2D eigenvalue weighted by Gasteiger charge is -2.29. The average molecular weight is 231 g/mol. The van der Waals surface area contributed by atoms with Gasteiger partial charge in [-0.3, -0.25) is 4.90 Å². The SMILES string of the molecule is CC1(C)[C@@H]2[C@@H](CO)N(Cc3ccccc3)C[C@@H]21. The van der Waals surface area contributed by atoms with Crippen LogP contribution in [-0.2, 0) is 6.54 Å². The van der Waals surface area contributed by atoms with Crippen LogP contribution in [0.5, 0.6) is 0 Å². The van der Waals surface area contributed by atoms with E-state index in [1.54, 1.807) is 0 Å². The quantitative estimate of drug-likeness (QED) is 0.861. The standard InChI is InChI=1S/C15H21NO/c1-15(2)12-9-16(13(10-17)14(12)15)8-11-6-4-3-5-7-11/h3-7,12-14,17H,8-10H2,1-2H3/t12-,13+,14-/m0/s1. The van der Waals surface area contributed by atoms with Gasteiger partial charge in [-0.2, -0.15) is 0 Å². The average Bonchev–Trinajstić information content (AvgIpc) is 2.72. The van der Waals surface area contributed by atoms with Gasteiger partial charge in [-0.1, -0.05) is 44.2 Å². The van der Waals surface area contributed by atoms with E-state index in [-0.39, 0.29) is 0 Å². The second-order valence-electron chi connectivity index (χ2n) is 6.12. The lowest BCUT2D eigenvalue weighted by atomic mass is 10.0. The summed E-state index contributed by atoms with van der Waals surface area (Å²) < 4.78 is 0. The fourth-order valence-electron chi connectivity index (χ4n) is 3.74. The topological polar surface area (TPSA) is 23.5 Å². The van der Waals surface area contributed by atoms with Crippen molar-refractivity contribution in [1.82, 2.24) is 4.90 Å². The molecule has 0 radical (unpaired) electrons. The summed E-state index contributed by atoms with van der Waals surface area (Å²) in [7, 11) is 0. The molecule has 1 aliphatic heterocycles. The molecule has 0 spiro atoms. The molecule has 2 fully saturated rings. The van der Waals surface area contributed by atoms with Crippen LogP contribution < -0.4 is 0 Å². The Morgan fingerprint density at radius 1 is 1.29 bits per heavy atom. The van der Waals surface area contributed by atoms with Gasteiger partial charge in [-0.25, -0.2) is 0 Å². The Morgan fingerprint density at radius 2 is 2.00 bits per heavy atom. The van der Waals surface area contributed by atoms with Crippen LogP contribution in [0.1, 0.15) is 19.4 Å². The van der Waals surface area contributed by atoms with Crippen molar-refractivity contribution >= 4 is 0 Å². The number of benzene rings is 1. The first kappa shape index (κ1) is 11.2. The molecule has 3 atom stereocenters. The molecule has 17 heavy (non-hydrogen) atoms. The minimum Gasteiger partial charge on any atom is -0.395 e. The van der Waals surface area contributed by atoms with Crippen molar-refractivity contribution in [2.45, 2.75) is 26.4 Å². The zero-order valence-corrected chi connectivity index (χ0v) is 10.6. The first-order valence-electron chi connectivity index (χ1n) is 6.53. The lowest BCUT2D eigenvalue weighted by molar-refractivity contribution is 0.110. The van der Waals surface area contributed by atoms with Crippen LogP contribution in [0.15, 0.2) is 30.3 Å². The van der Waals surface area contributed by atoms with Gasteiger partial charge in [0, 0.05) is 19.1 Å². The van der Waals surface area contributed by atoms with E-state index in [4.69, 9.17) is 0 Å². The molecule has 1 saturated carbocycles. The van der Waals surface area contributed by atoms with E-state index in [1.807, 2.05) is 0 Å². The molecule has 92 valence electrons. The molecular formula is C15H21NO. The Kier molecular flexibility index (Phi) is 2.53. The van der Waals surface area contributed by atoms with Gasteiger partial charge in [-0.15, -0.1) is 0 Å². The van der Waals surface area contributed by atoms with E-state index in [2.05, 4.69) is 49.1 Å². The number of rotatable bonds is 3. The van der Waals surface area contributed by atoms with E-state index in [1.165, 1.54) is 5.56 Å². The Hall–Kier alpha value is -0.860. The van der Waals surface area contributed by atoms with Gasteiger partial charge in [0.2, 0.25) is 0 Å². The summed E-state index contributed by atoms with van der Waals surface area (Å²) in [5.74, 6) is 1.50. The molecule has 0 aromatic heterocycles. The van der Waals surface area contributed by atoms with Crippen LogP contribution >= 0.6 is 0 Å². The van der Waals surface area contributed by atoms with Crippen LogP contribution in [0.4, 0.5) is 0 Å². The fourth-order valence-corrected chi connectivity index (χ4v) is 3.74. The molecule has 0 amide bonds. The minimum absolute atomic E-state index is 0.303. The van der Waals surface area contributed by atoms with Crippen LogP contribution in [-0.4, -0.2) is 29.2 Å². The lowest BCUT2D eigenvalue weighted by Crippen LogP contribution is -2.38. The van der Waals surface area contributed by atoms with Crippen molar-refractivity contribution in [3.63, 3.8) is 0 Å². The molecule has 1 heterocycles. The summed E-state index contributed by atoms with van der Waals surface area (Å²) in [5, 5.41) is 9.60. The van der Waals surface area contributed by atoms with Gasteiger partial charge in [0.25, 0.3) is 0 Å². The largest absolute Gasteiger partial charge is 0.395 e. The van der Waals surface area contributed by atoms with E-state index < -0.39 is 0 Å². The zero-order valence-electron chi connectivity index (χ0n) is 10.6. The van der Waals surface area contributed by atoms with Gasteiger partial charge in [0.05, 0.1) is 6.61 Å². The van der Waals surface area contributed by atoms with Gasteiger partial charge in [-0.05, 0) is 22.8 Å². The van der Waals surface area contributed by atoms with Crippen LogP contribution in [0.2, 0.25) is 0 Å². The molecule has 1 N–H and O–H groups in total. The Balaban J connectivity index is 1.71. The second-order valence-corrected chi connectivity index (χ2v) is 6.12. The predicted molar refractivity (Wildman–Crippen MR) is 68.5 cm³/mol. The maximum Gasteiger partial charge on any atom is 0.0590 e. The van der Waals surface area contributed by atoms with Gasteiger partial charge in [0.15, 0.2) is 0 Å². The van der Waals surface area contributed by atoms with Gasteiger partial charge < -0.3 is 5.11 Å². The van der Waals surface area contributed by atoms with Crippen LogP contribution in [0.3, 0.4) is 0 Å². The summed E-state index contributed by atoms with van der Waals surface area (Å²) in [6.45, 7) is 7.11. The smallest absolute Gasteiger partial charge is 0.0590 e. The number of aliphatic hydroxyl groups excluding tert-OH is 1. The van der Waals surface area contributed by atoms with Gasteiger partial charge >= 0.3 is 0 Å². The summed E-state index contributed by atoms with van der Waals surface area (Å²) in [6, 6.07) is 10.9. The van der Waals surface area contributed by atoms with Gasteiger partial charge in [0.1, 0.15) is 0 Å². The molecule has 0 unspecified atom stereocenters. The number of nitrogens with zero attached hydrogens (tertiary/aromatic N) is 1. The maximum absolute atomic E-state index is 9.60. The fraction of sp³-hybridized carbons (Fsp3) is 0.600. The number of piperidine rings is 1. The summed E-state index contributed by atoms with van der Waals surface area (Å²) in [6.07, 6.45) is 0. The molecule has 2 heteroatoms. The van der Waals surface area contributed by atoms with E-state index in [9.17, 15) is 5.11 Å². The molecule has 3 rings (SSSR count). The first-order chi connectivity index (χ1) is 8.14. The van der Waals surface area contributed by atoms with Crippen LogP contribution in [0, 0.1) is 17.3 Å².